The number of benzene rings is 2. The fourth-order valence-corrected chi connectivity index (χ4v) is 4.13. The summed E-state index contributed by atoms with van der Waals surface area (Å²) in [7, 11) is 0. The van der Waals surface area contributed by atoms with E-state index in [1.165, 1.54) is 11.3 Å². The zero-order valence-electron chi connectivity index (χ0n) is 17.9. The van der Waals surface area contributed by atoms with Crippen molar-refractivity contribution in [3.05, 3.63) is 71.4 Å². The Bertz CT molecular complexity index is 1120. The van der Waals surface area contributed by atoms with Crippen molar-refractivity contribution in [2.75, 3.05) is 6.61 Å². The normalized spacial score (nSPS) is 11.4. The predicted molar refractivity (Wildman–Crippen MR) is 126 cm³/mol. The minimum atomic E-state index is -0.509. The van der Waals surface area contributed by atoms with E-state index in [1.54, 1.807) is 25.1 Å². The summed E-state index contributed by atoms with van der Waals surface area (Å²) >= 11 is 1.33. The highest BCUT2D eigenvalue weighted by molar-refractivity contribution is 7.18. The third kappa shape index (κ3) is 5.92. The van der Waals surface area contributed by atoms with E-state index in [1.807, 2.05) is 43.3 Å². The van der Waals surface area contributed by atoms with Gasteiger partial charge in [-0.05, 0) is 37.1 Å². The van der Waals surface area contributed by atoms with E-state index in [4.69, 9.17) is 16.2 Å². The van der Waals surface area contributed by atoms with Gasteiger partial charge in [-0.25, -0.2) is 4.98 Å². The Morgan fingerprint density at radius 1 is 1.16 bits per heavy atom. The van der Waals surface area contributed by atoms with Gasteiger partial charge in [-0.3, -0.25) is 9.59 Å². The van der Waals surface area contributed by atoms with E-state index in [9.17, 15) is 9.59 Å². The van der Waals surface area contributed by atoms with Gasteiger partial charge in [0.15, 0.2) is 5.96 Å². The molecule has 9 heteroatoms. The number of esters is 1. The third-order valence-electron chi connectivity index (χ3n) is 4.58. The van der Waals surface area contributed by atoms with E-state index >= 15 is 0 Å². The molecule has 8 nitrogen and oxygen atoms in total. The van der Waals surface area contributed by atoms with Crippen LogP contribution in [0.25, 0.3) is 10.4 Å². The summed E-state index contributed by atoms with van der Waals surface area (Å²) < 4.78 is 5.08. The highest BCUT2D eigenvalue weighted by Gasteiger charge is 2.20. The number of rotatable bonds is 8. The molecule has 1 unspecified atom stereocenters. The molecule has 3 rings (SSSR count). The maximum Gasteiger partial charge on any atom is 0.308 e. The zero-order valence-corrected chi connectivity index (χ0v) is 18.7. The van der Waals surface area contributed by atoms with Crippen LogP contribution in [-0.4, -0.2) is 29.4 Å². The molecule has 0 bridgehead atoms. The molecule has 32 heavy (non-hydrogen) atoms. The van der Waals surface area contributed by atoms with Gasteiger partial charge in [0, 0.05) is 5.56 Å². The topological polar surface area (TPSA) is 133 Å². The fraction of sp³-hybridized carbons (Fsp3) is 0.217. The van der Waals surface area contributed by atoms with Crippen LogP contribution in [0.15, 0.2) is 59.6 Å². The van der Waals surface area contributed by atoms with Crippen molar-refractivity contribution in [3.63, 3.8) is 0 Å². The van der Waals surface area contributed by atoms with Crippen molar-refractivity contribution in [2.24, 2.45) is 16.5 Å². The monoisotopic (exact) mass is 451 g/mol. The Labute approximate surface area is 190 Å². The molecule has 1 aromatic heterocycles. The van der Waals surface area contributed by atoms with Crippen LogP contribution in [0.3, 0.4) is 0 Å². The number of nitrogens with two attached hydrogens (primary N) is 2. The molecule has 2 aromatic carbocycles. The fourth-order valence-electron chi connectivity index (χ4n) is 3.18. The first-order valence-corrected chi connectivity index (χ1v) is 10.9. The first-order valence-electron chi connectivity index (χ1n) is 10.1. The summed E-state index contributed by atoms with van der Waals surface area (Å²) in [6, 6.07) is 16.0. The van der Waals surface area contributed by atoms with Crippen molar-refractivity contribution in [2.45, 2.75) is 26.3 Å². The van der Waals surface area contributed by atoms with Crippen LogP contribution in [0.5, 0.6) is 0 Å². The predicted octanol–water partition coefficient (Wildman–Crippen LogP) is 3.45. The second kappa shape index (κ2) is 10.5. The van der Waals surface area contributed by atoms with E-state index in [0.717, 1.165) is 21.7 Å². The number of amides is 1. The van der Waals surface area contributed by atoms with Gasteiger partial charge in [0.1, 0.15) is 0 Å². The van der Waals surface area contributed by atoms with Crippen LogP contribution in [-0.2, 0) is 9.53 Å². The smallest absolute Gasteiger partial charge is 0.308 e. The molecule has 0 aliphatic rings. The molecular weight excluding hydrogens is 426 g/mol. The number of carbonyl (C=O) groups excluding carboxylic acids is 2. The van der Waals surface area contributed by atoms with Crippen molar-refractivity contribution < 1.29 is 14.3 Å². The van der Waals surface area contributed by atoms with Crippen molar-refractivity contribution in [3.8, 4) is 10.4 Å². The lowest BCUT2D eigenvalue weighted by atomic mass is 10.0. The molecule has 0 aliphatic carbocycles. The molecule has 0 saturated heterocycles. The standard InChI is InChI=1S/C23H25N5O3S/c1-3-31-19(29)13-18(15-8-5-4-6-9-15)27-21(30)17-11-7-10-16(12-17)20-14(2)26-23(32-20)28-22(24)25/h4-12,18H,3,13H2,1-2H3,(H,27,30)(H4,24,25,26,28). The molecule has 1 amide bonds. The van der Waals surface area contributed by atoms with Gasteiger partial charge in [-0.1, -0.05) is 53.8 Å². The molecule has 1 heterocycles. The summed E-state index contributed by atoms with van der Waals surface area (Å²) in [5.74, 6) is -0.730. The minimum absolute atomic E-state index is 0.0408. The van der Waals surface area contributed by atoms with Crippen molar-refractivity contribution in [1.29, 1.82) is 0 Å². The highest BCUT2D eigenvalue weighted by Crippen LogP contribution is 2.34. The lowest BCUT2D eigenvalue weighted by Crippen LogP contribution is -2.30. The Morgan fingerprint density at radius 3 is 2.59 bits per heavy atom. The van der Waals surface area contributed by atoms with Gasteiger partial charge in [0.25, 0.3) is 5.91 Å². The van der Waals surface area contributed by atoms with Crippen LogP contribution in [0, 0.1) is 6.92 Å². The van der Waals surface area contributed by atoms with E-state index in [-0.39, 0.29) is 30.9 Å². The number of ether oxygens (including phenoxy) is 1. The number of nitrogens with one attached hydrogen (secondary N) is 1. The quantitative estimate of drug-likeness (QED) is 0.273. The third-order valence-corrected chi connectivity index (χ3v) is 5.68. The summed E-state index contributed by atoms with van der Waals surface area (Å²) in [6.45, 7) is 3.89. The second-order valence-corrected chi connectivity index (χ2v) is 7.95. The first-order chi connectivity index (χ1) is 15.4. The van der Waals surface area contributed by atoms with Crippen molar-refractivity contribution in [1.82, 2.24) is 10.3 Å². The summed E-state index contributed by atoms with van der Waals surface area (Å²) in [5, 5.41) is 3.41. The second-order valence-electron chi connectivity index (χ2n) is 6.97. The van der Waals surface area contributed by atoms with Crippen LogP contribution >= 0.6 is 11.3 Å². The lowest BCUT2D eigenvalue weighted by Gasteiger charge is -2.19. The molecular formula is C23H25N5O3S. The Morgan fingerprint density at radius 2 is 1.91 bits per heavy atom. The van der Waals surface area contributed by atoms with Crippen LogP contribution in [0.2, 0.25) is 0 Å². The number of aromatic nitrogens is 1. The van der Waals surface area contributed by atoms with E-state index in [2.05, 4.69) is 15.3 Å². The number of hydrogen-bond donors (Lipinski definition) is 3. The molecule has 0 radical (unpaired) electrons. The molecule has 0 saturated carbocycles. The number of aliphatic imine (C=N–C) groups is 1. The average Bonchev–Trinajstić information content (AvgIpc) is 3.13. The Hall–Kier alpha value is -3.72. The van der Waals surface area contributed by atoms with Gasteiger partial charge in [0.2, 0.25) is 5.13 Å². The number of hydrogen-bond acceptors (Lipinski definition) is 6. The Kier molecular flexibility index (Phi) is 7.56. The molecule has 0 fully saturated rings. The average molecular weight is 452 g/mol. The number of aryl methyl sites for hydroxylation is 1. The van der Waals surface area contributed by atoms with Crippen LogP contribution in [0.4, 0.5) is 5.13 Å². The molecule has 1 atom stereocenters. The summed E-state index contributed by atoms with van der Waals surface area (Å²) in [5.41, 5.74) is 13.8. The van der Waals surface area contributed by atoms with E-state index < -0.39 is 6.04 Å². The number of guanidine groups is 1. The van der Waals surface area contributed by atoms with Gasteiger partial charge in [-0.2, -0.15) is 4.99 Å². The molecule has 0 aliphatic heterocycles. The number of carbonyl (C=O) groups is 2. The van der Waals surface area contributed by atoms with Crippen molar-refractivity contribution >= 4 is 34.3 Å². The molecule has 3 aromatic rings. The summed E-state index contributed by atoms with van der Waals surface area (Å²) in [6.07, 6.45) is 0.0408. The van der Waals surface area contributed by atoms with Gasteiger partial charge in [0.05, 0.1) is 29.6 Å². The SMILES string of the molecule is CCOC(=O)CC(NC(=O)c1cccc(-c2sc(N=C(N)N)nc2C)c1)c1ccccc1. The zero-order chi connectivity index (χ0) is 23.1. The number of thiazole rings is 1. The van der Waals surface area contributed by atoms with Crippen LogP contribution < -0.4 is 16.8 Å². The van der Waals surface area contributed by atoms with Crippen LogP contribution in [0.1, 0.15) is 41.0 Å². The molecule has 5 N–H and O–H groups in total. The maximum absolute atomic E-state index is 13.1. The lowest BCUT2D eigenvalue weighted by molar-refractivity contribution is -0.143. The molecule has 0 spiro atoms. The largest absolute Gasteiger partial charge is 0.466 e. The number of nitrogens with zero attached hydrogens (tertiary/aromatic N) is 2. The summed E-state index contributed by atoms with van der Waals surface area (Å²) in [4.78, 5) is 34.4. The molecule has 166 valence electrons. The Balaban J connectivity index is 1.84. The van der Waals surface area contributed by atoms with Gasteiger partial charge < -0.3 is 21.5 Å². The van der Waals surface area contributed by atoms with Gasteiger partial charge in [-0.15, -0.1) is 0 Å². The van der Waals surface area contributed by atoms with E-state index in [0.29, 0.717) is 10.7 Å². The van der Waals surface area contributed by atoms with Gasteiger partial charge >= 0.3 is 5.97 Å². The highest BCUT2D eigenvalue weighted by atomic mass is 32.1. The first kappa shape index (κ1) is 23.0. The minimum Gasteiger partial charge on any atom is -0.466 e. The maximum atomic E-state index is 13.1.